The fraction of sp³-hybridized carbons (Fsp3) is 0.143. The van der Waals surface area contributed by atoms with Crippen LogP contribution in [0.3, 0.4) is 0 Å². The van der Waals surface area contributed by atoms with Crippen LogP contribution in [0.15, 0.2) is 48.5 Å². The van der Waals surface area contributed by atoms with Crippen molar-refractivity contribution in [3.8, 4) is 11.1 Å². The lowest BCUT2D eigenvalue weighted by atomic mass is 10.0. The summed E-state index contributed by atoms with van der Waals surface area (Å²) in [4.78, 5) is 0. The van der Waals surface area contributed by atoms with E-state index in [1.165, 1.54) is 11.6 Å². The van der Waals surface area contributed by atoms with Crippen LogP contribution in [0.4, 0.5) is 4.39 Å². The molecule has 0 aromatic heterocycles. The minimum Gasteiger partial charge on any atom is -0.316 e. The Morgan fingerprint density at radius 2 is 1.69 bits per heavy atom. The van der Waals surface area contributed by atoms with Crippen molar-refractivity contribution < 1.29 is 4.39 Å². The molecule has 0 spiro atoms. The average molecular weight is 215 g/mol. The first-order valence-electron chi connectivity index (χ1n) is 5.29. The lowest BCUT2D eigenvalue weighted by Gasteiger charge is -2.05. The minimum absolute atomic E-state index is 0.198. The van der Waals surface area contributed by atoms with Crippen molar-refractivity contribution in [2.24, 2.45) is 0 Å². The topological polar surface area (TPSA) is 12.0 Å². The van der Waals surface area contributed by atoms with Crippen molar-refractivity contribution in [1.82, 2.24) is 5.32 Å². The molecule has 1 nitrogen and oxygen atoms in total. The second-order valence-electron chi connectivity index (χ2n) is 3.74. The van der Waals surface area contributed by atoms with Crippen LogP contribution in [0.2, 0.25) is 0 Å². The first-order valence-corrected chi connectivity index (χ1v) is 5.29. The van der Waals surface area contributed by atoms with Gasteiger partial charge in [-0.2, -0.15) is 0 Å². The Balaban J connectivity index is 2.36. The van der Waals surface area contributed by atoms with E-state index in [0.29, 0.717) is 0 Å². The number of hydrogen-bond acceptors (Lipinski definition) is 1. The molecule has 16 heavy (non-hydrogen) atoms. The second-order valence-corrected chi connectivity index (χ2v) is 3.74. The number of benzene rings is 2. The fourth-order valence-electron chi connectivity index (χ4n) is 1.73. The van der Waals surface area contributed by atoms with Gasteiger partial charge in [-0.15, -0.1) is 0 Å². The lowest BCUT2D eigenvalue weighted by molar-refractivity contribution is 0.628. The van der Waals surface area contributed by atoms with E-state index in [1.54, 1.807) is 12.1 Å². The zero-order valence-electron chi connectivity index (χ0n) is 9.20. The summed E-state index contributed by atoms with van der Waals surface area (Å²) in [6.45, 7) is 0.823. The van der Waals surface area contributed by atoms with Gasteiger partial charge >= 0.3 is 0 Å². The molecule has 0 aliphatic carbocycles. The van der Waals surface area contributed by atoms with Gasteiger partial charge in [-0.3, -0.25) is 0 Å². The smallest absolute Gasteiger partial charge is 0.123 e. The van der Waals surface area contributed by atoms with Gasteiger partial charge in [0.15, 0.2) is 0 Å². The zero-order chi connectivity index (χ0) is 11.4. The molecule has 0 heterocycles. The zero-order valence-corrected chi connectivity index (χ0v) is 9.20. The van der Waals surface area contributed by atoms with Crippen molar-refractivity contribution in [2.45, 2.75) is 6.54 Å². The number of hydrogen-bond donors (Lipinski definition) is 1. The third kappa shape index (κ3) is 2.47. The molecule has 2 aromatic carbocycles. The quantitative estimate of drug-likeness (QED) is 0.829. The molecule has 0 aliphatic rings. The summed E-state index contributed by atoms with van der Waals surface area (Å²) >= 11 is 0. The van der Waals surface area contributed by atoms with Crippen LogP contribution in [-0.2, 0) is 6.54 Å². The number of nitrogens with one attached hydrogen (secondary N) is 1. The van der Waals surface area contributed by atoms with Crippen LogP contribution in [0, 0.1) is 5.82 Å². The van der Waals surface area contributed by atoms with Gasteiger partial charge in [0.25, 0.3) is 0 Å². The predicted octanol–water partition coefficient (Wildman–Crippen LogP) is 3.21. The van der Waals surface area contributed by atoms with Crippen LogP contribution < -0.4 is 5.32 Å². The molecule has 0 saturated heterocycles. The molecule has 0 fully saturated rings. The Morgan fingerprint density at radius 3 is 2.38 bits per heavy atom. The van der Waals surface area contributed by atoms with Gasteiger partial charge in [0, 0.05) is 6.54 Å². The number of halogens is 1. The van der Waals surface area contributed by atoms with Gasteiger partial charge in [0.05, 0.1) is 0 Å². The monoisotopic (exact) mass is 215 g/mol. The standard InChI is InChI=1S/C14H14FN/c1-16-10-11-4-2-5-12(8-11)13-6-3-7-14(15)9-13/h2-9,16H,10H2,1H3. The predicted molar refractivity (Wildman–Crippen MR) is 64.6 cm³/mol. The summed E-state index contributed by atoms with van der Waals surface area (Å²) in [6, 6.07) is 14.8. The Hall–Kier alpha value is -1.67. The molecule has 2 rings (SSSR count). The molecule has 0 aliphatic heterocycles. The van der Waals surface area contributed by atoms with Crippen molar-refractivity contribution in [2.75, 3.05) is 7.05 Å². The molecule has 2 aromatic rings. The third-order valence-corrected chi connectivity index (χ3v) is 2.47. The molecule has 0 unspecified atom stereocenters. The van der Waals surface area contributed by atoms with Crippen molar-refractivity contribution in [3.05, 3.63) is 59.9 Å². The van der Waals surface area contributed by atoms with Gasteiger partial charge in [-0.25, -0.2) is 4.39 Å². The maximum Gasteiger partial charge on any atom is 0.123 e. The SMILES string of the molecule is CNCc1cccc(-c2cccc(F)c2)c1. The van der Waals surface area contributed by atoms with Crippen LogP contribution in [-0.4, -0.2) is 7.05 Å². The van der Waals surface area contributed by atoms with Gasteiger partial charge in [0.2, 0.25) is 0 Å². The fourth-order valence-corrected chi connectivity index (χ4v) is 1.73. The Morgan fingerprint density at radius 1 is 1.00 bits per heavy atom. The van der Waals surface area contributed by atoms with E-state index >= 15 is 0 Å². The van der Waals surface area contributed by atoms with Gasteiger partial charge in [-0.05, 0) is 41.9 Å². The van der Waals surface area contributed by atoms with Crippen molar-refractivity contribution >= 4 is 0 Å². The third-order valence-electron chi connectivity index (χ3n) is 2.47. The molecular weight excluding hydrogens is 201 g/mol. The summed E-state index contributed by atoms with van der Waals surface area (Å²) < 4.78 is 13.1. The van der Waals surface area contributed by atoms with Crippen LogP contribution in [0.5, 0.6) is 0 Å². The molecule has 0 radical (unpaired) electrons. The maximum atomic E-state index is 13.1. The summed E-state index contributed by atoms with van der Waals surface area (Å²) in [7, 11) is 1.91. The highest BCUT2D eigenvalue weighted by molar-refractivity contribution is 5.64. The second kappa shape index (κ2) is 4.90. The molecule has 0 saturated carbocycles. The molecular formula is C14H14FN. The summed E-state index contributed by atoms with van der Waals surface area (Å²) in [5.41, 5.74) is 3.16. The van der Waals surface area contributed by atoms with E-state index in [-0.39, 0.29) is 5.82 Å². The van der Waals surface area contributed by atoms with Crippen molar-refractivity contribution in [1.29, 1.82) is 0 Å². The first kappa shape index (κ1) is 10.8. The largest absolute Gasteiger partial charge is 0.316 e. The Labute approximate surface area is 94.9 Å². The van der Waals surface area contributed by atoms with Gasteiger partial charge < -0.3 is 5.32 Å². The summed E-state index contributed by atoms with van der Waals surface area (Å²) in [6.07, 6.45) is 0. The van der Waals surface area contributed by atoms with Crippen LogP contribution in [0.1, 0.15) is 5.56 Å². The van der Waals surface area contributed by atoms with E-state index in [4.69, 9.17) is 0 Å². The van der Waals surface area contributed by atoms with Gasteiger partial charge in [-0.1, -0.05) is 30.3 Å². The highest BCUT2D eigenvalue weighted by atomic mass is 19.1. The summed E-state index contributed by atoms with van der Waals surface area (Å²) in [5.74, 6) is -0.198. The van der Waals surface area contributed by atoms with Crippen molar-refractivity contribution in [3.63, 3.8) is 0 Å². The maximum absolute atomic E-state index is 13.1. The lowest BCUT2D eigenvalue weighted by Crippen LogP contribution is -2.04. The first-order chi connectivity index (χ1) is 7.79. The van der Waals surface area contributed by atoms with E-state index in [9.17, 15) is 4.39 Å². The molecule has 0 atom stereocenters. The molecule has 0 amide bonds. The van der Waals surface area contributed by atoms with E-state index in [2.05, 4.69) is 17.4 Å². The molecule has 82 valence electrons. The minimum atomic E-state index is -0.198. The van der Waals surface area contributed by atoms with Crippen LogP contribution in [0.25, 0.3) is 11.1 Å². The molecule has 1 N–H and O–H groups in total. The highest BCUT2D eigenvalue weighted by Crippen LogP contribution is 2.21. The molecule has 2 heteroatoms. The van der Waals surface area contributed by atoms with E-state index in [0.717, 1.165) is 17.7 Å². The van der Waals surface area contributed by atoms with E-state index < -0.39 is 0 Å². The molecule has 0 bridgehead atoms. The van der Waals surface area contributed by atoms with E-state index in [1.807, 2.05) is 25.2 Å². The Bertz CT molecular complexity index is 480. The normalized spacial score (nSPS) is 10.4. The van der Waals surface area contributed by atoms with Crippen LogP contribution >= 0.6 is 0 Å². The van der Waals surface area contributed by atoms with Gasteiger partial charge in [0.1, 0.15) is 5.82 Å². The average Bonchev–Trinajstić information content (AvgIpc) is 2.30. The summed E-state index contributed by atoms with van der Waals surface area (Å²) in [5, 5.41) is 3.10. The highest BCUT2D eigenvalue weighted by Gasteiger charge is 2.00. The Kier molecular flexibility index (Phi) is 3.32. The number of rotatable bonds is 3.